The third kappa shape index (κ3) is 7.31. The Bertz CT molecular complexity index is 1120. The minimum atomic E-state index is -0.705. The number of para-hydroxylation sites is 1. The maximum absolute atomic E-state index is 13.6. The molecule has 0 heterocycles. The Morgan fingerprint density at radius 2 is 1.17 bits per heavy atom. The van der Waals surface area contributed by atoms with Crippen molar-refractivity contribution in [2.24, 2.45) is 0 Å². The fourth-order valence-corrected chi connectivity index (χ4v) is 3.98. The highest BCUT2D eigenvalue weighted by atomic mass is 16.5. The zero-order valence-electron chi connectivity index (χ0n) is 20.1. The second-order valence-electron chi connectivity index (χ2n) is 8.52. The molecule has 4 aromatic rings. The second-order valence-corrected chi connectivity index (χ2v) is 8.52. The molecule has 182 valence electrons. The number of carbonyl (C=O) groups is 2. The van der Waals surface area contributed by atoms with E-state index in [1.165, 1.54) is 0 Å². The number of hydrogen-bond donors (Lipinski definition) is 1. The van der Waals surface area contributed by atoms with Gasteiger partial charge in [-0.3, -0.25) is 9.59 Å². The fraction of sp³-hybridized carbons (Fsp3) is 0.161. The molecular weight excluding hydrogens is 448 g/mol. The molecule has 1 atom stereocenters. The maximum atomic E-state index is 13.6. The van der Waals surface area contributed by atoms with Crippen LogP contribution in [0.3, 0.4) is 0 Å². The van der Waals surface area contributed by atoms with E-state index in [2.05, 4.69) is 5.32 Å². The van der Waals surface area contributed by atoms with Crippen LogP contribution < -0.4 is 10.1 Å². The van der Waals surface area contributed by atoms with Crippen molar-refractivity contribution in [2.75, 3.05) is 6.61 Å². The van der Waals surface area contributed by atoms with Crippen LogP contribution in [0.15, 0.2) is 121 Å². The SMILES string of the molecule is O=C(NCc1ccccc1)C(Cc1ccccc1)N(Cc1ccccc1)C(=O)COc1ccccc1. The third-order valence-electron chi connectivity index (χ3n) is 5.88. The number of nitrogens with one attached hydrogen (secondary N) is 1. The van der Waals surface area contributed by atoms with Gasteiger partial charge in [-0.15, -0.1) is 0 Å². The summed E-state index contributed by atoms with van der Waals surface area (Å²) in [5.74, 6) is 0.156. The van der Waals surface area contributed by atoms with E-state index in [9.17, 15) is 9.59 Å². The van der Waals surface area contributed by atoms with E-state index in [1.54, 1.807) is 4.90 Å². The van der Waals surface area contributed by atoms with Crippen molar-refractivity contribution in [1.29, 1.82) is 0 Å². The minimum Gasteiger partial charge on any atom is -0.484 e. The number of amides is 2. The smallest absolute Gasteiger partial charge is 0.261 e. The lowest BCUT2D eigenvalue weighted by Crippen LogP contribution is -2.51. The van der Waals surface area contributed by atoms with E-state index in [0.29, 0.717) is 25.3 Å². The molecule has 36 heavy (non-hydrogen) atoms. The van der Waals surface area contributed by atoms with Crippen molar-refractivity contribution in [1.82, 2.24) is 10.2 Å². The monoisotopic (exact) mass is 478 g/mol. The lowest BCUT2D eigenvalue weighted by Gasteiger charge is -2.31. The number of rotatable bonds is 11. The first-order valence-electron chi connectivity index (χ1n) is 12.1. The van der Waals surface area contributed by atoms with Crippen molar-refractivity contribution in [3.8, 4) is 5.75 Å². The molecule has 4 aromatic carbocycles. The maximum Gasteiger partial charge on any atom is 0.261 e. The minimum absolute atomic E-state index is 0.159. The standard InChI is InChI=1S/C31H30N2O3/c34-30(24-36-28-19-11-4-12-20-28)33(23-27-17-9-3-10-18-27)29(21-25-13-5-1-6-14-25)31(35)32-22-26-15-7-2-8-16-26/h1-20,29H,21-24H2,(H,32,35). The van der Waals surface area contributed by atoms with Crippen molar-refractivity contribution in [3.63, 3.8) is 0 Å². The Morgan fingerprint density at radius 3 is 1.75 bits per heavy atom. The first-order valence-corrected chi connectivity index (χ1v) is 12.1. The highest BCUT2D eigenvalue weighted by molar-refractivity contribution is 5.88. The van der Waals surface area contributed by atoms with Gasteiger partial charge in [-0.05, 0) is 28.8 Å². The molecule has 0 aliphatic heterocycles. The van der Waals surface area contributed by atoms with Gasteiger partial charge in [-0.2, -0.15) is 0 Å². The molecule has 1 unspecified atom stereocenters. The van der Waals surface area contributed by atoms with E-state index in [4.69, 9.17) is 4.74 Å². The molecule has 0 bridgehead atoms. The van der Waals surface area contributed by atoms with Gasteiger partial charge in [0.2, 0.25) is 5.91 Å². The average molecular weight is 479 g/mol. The predicted molar refractivity (Wildman–Crippen MR) is 141 cm³/mol. The van der Waals surface area contributed by atoms with Gasteiger partial charge in [-0.1, -0.05) is 109 Å². The molecule has 1 N–H and O–H groups in total. The number of hydrogen-bond acceptors (Lipinski definition) is 3. The molecule has 2 amide bonds. The van der Waals surface area contributed by atoms with Gasteiger partial charge in [0.15, 0.2) is 6.61 Å². The van der Waals surface area contributed by atoms with Crippen molar-refractivity contribution in [3.05, 3.63) is 138 Å². The van der Waals surface area contributed by atoms with E-state index in [-0.39, 0.29) is 18.4 Å². The Balaban J connectivity index is 1.59. The van der Waals surface area contributed by atoms with Crippen LogP contribution in [-0.4, -0.2) is 29.4 Å². The molecular formula is C31H30N2O3. The molecule has 0 radical (unpaired) electrons. The first kappa shape index (κ1) is 24.7. The van der Waals surface area contributed by atoms with Gasteiger partial charge in [-0.25, -0.2) is 0 Å². The summed E-state index contributed by atoms with van der Waals surface area (Å²) >= 11 is 0. The summed E-state index contributed by atoms with van der Waals surface area (Å²) in [6.45, 7) is 0.529. The lowest BCUT2D eigenvalue weighted by atomic mass is 10.0. The number of nitrogens with zero attached hydrogens (tertiary/aromatic N) is 1. The van der Waals surface area contributed by atoms with Crippen molar-refractivity contribution in [2.45, 2.75) is 25.6 Å². The first-order chi connectivity index (χ1) is 17.7. The van der Waals surface area contributed by atoms with Crippen molar-refractivity contribution >= 4 is 11.8 Å². The molecule has 0 saturated heterocycles. The fourth-order valence-electron chi connectivity index (χ4n) is 3.98. The van der Waals surface area contributed by atoms with Gasteiger partial charge >= 0.3 is 0 Å². The van der Waals surface area contributed by atoms with Crippen LogP contribution >= 0.6 is 0 Å². The van der Waals surface area contributed by atoms with Gasteiger partial charge in [0.05, 0.1) is 0 Å². The Kier molecular flexibility index (Phi) is 8.87. The summed E-state index contributed by atoms with van der Waals surface area (Å²) in [5, 5.41) is 3.04. The highest BCUT2D eigenvalue weighted by Crippen LogP contribution is 2.16. The molecule has 5 heteroatoms. The molecule has 0 spiro atoms. The molecule has 0 aromatic heterocycles. The predicted octanol–water partition coefficient (Wildman–Crippen LogP) is 5.02. The Morgan fingerprint density at radius 1 is 0.667 bits per heavy atom. The largest absolute Gasteiger partial charge is 0.484 e. The quantitative estimate of drug-likeness (QED) is 0.329. The molecule has 0 saturated carbocycles. The van der Waals surface area contributed by atoms with E-state index >= 15 is 0 Å². The third-order valence-corrected chi connectivity index (χ3v) is 5.88. The van der Waals surface area contributed by atoms with E-state index in [1.807, 2.05) is 121 Å². The summed E-state index contributed by atoms with van der Waals surface area (Å²) in [6.07, 6.45) is 0.394. The summed E-state index contributed by atoms with van der Waals surface area (Å²) in [5.41, 5.74) is 2.92. The summed E-state index contributed by atoms with van der Waals surface area (Å²) in [7, 11) is 0. The van der Waals surface area contributed by atoms with Crippen molar-refractivity contribution < 1.29 is 14.3 Å². The molecule has 0 aliphatic carbocycles. The molecule has 0 aliphatic rings. The highest BCUT2D eigenvalue weighted by Gasteiger charge is 2.30. The van der Waals surface area contributed by atoms with Crippen LogP contribution in [0.5, 0.6) is 5.75 Å². The second kappa shape index (κ2) is 12.9. The Hall–Kier alpha value is -4.38. The van der Waals surface area contributed by atoms with Crippen LogP contribution in [0, 0.1) is 0 Å². The van der Waals surface area contributed by atoms with Gasteiger partial charge < -0.3 is 15.0 Å². The van der Waals surface area contributed by atoms with Crippen LogP contribution in [0.1, 0.15) is 16.7 Å². The molecule has 0 fully saturated rings. The van der Waals surface area contributed by atoms with Crippen LogP contribution in [-0.2, 0) is 29.1 Å². The van der Waals surface area contributed by atoms with Crippen LogP contribution in [0.4, 0.5) is 0 Å². The molecule has 4 rings (SSSR count). The van der Waals surface area contributed by atoms with Gasteiger partial charge in [0.1, 0.15) is 11.8 Å². The summed E-state index contributed by atoms with van der Waals surface area (Å²) in [4.78, 5) is 28.8. The topological polar surface area (TPSA) is 58.6 Å². The summed E-state index contributed by atoms with van der Waals surface area (Å²) in [6, 6.07) is 37.8. The number of carbonyl (C=O) groups excluding carboxylic acids is 2. The number of benzene rings is 4. The summed E-state index contributed by atoms with van der Waals surface area (Å²) < 4.78 is 5.77. The average Bonchev–Trinajstić information content (AvgIpc) is 2.94. The lowest BCUT2D eigenvalue weighted by molar-refractivity contribution is -0.142. The molecule has 5 nitrogen and oxygen atoms in total. The zero-order valence-corrected chi connectivity index (χ0v) is 20.1. The van der Waals surface area contributed by atoms with Gasteiger partial charge in [0, 0.05) is 19.5 Å². The number of ether oxygens (including phenoxy) is 1. The Labute approximate surface area is 212 Å². The van der Waals surface area contributed by atoms with Crippen LogP contribution in [0.2, 0.25) is 0 Å². The van der Waals surface area contributed by atoms with Gasteiger partial charge in [0.25, 0.3) is 5.91 Å². The van der Waals surface area contributed by atoms with E-state index in [0.717, 1.165) is 16.7 Å². The van der Waals surface area contributed by atoms with Crippen LogP contribution in [0.25, 0.3) is 0 Å². The zero-order chi connectivity index (χ0) is 25.0. The van der Waals surface area contributed by atoms with E-state index < -0.39 is 6.04 Å². The normalized spacial score (nSPS) is 11.3.